The van der Waals surface area contributed by atoms with Crippen molar-refractivity contribution in [1.82, 2.24) is 10.3 Å². The Hall–Kier alpha value is -2.57. The number of thiocarbonyl (C=S) groups is 1. The van der Waals surface area contributed by atoms with E-state index in [0.717, 1.165) is 16.8 Å². The average molecular weight is 396 g/mol. The molecule has 0 saturated heterocycles. The van der Waals surface area contributed by atoms with E-state index in [1.54, 1.807) is 17.4 Å². The van der Waals surface area contributed by atoms with Crippen molar-refractivity contribution in [1.29, 1.82) is 0 Å². The first kappa shape index (κ1) is 17.8. The number of hydrogen-bond acceptors (Lipinski definition) is 3. The highest BCUT2D eigenvalue weighted by atomic mass is 32.1. The fourth-order valence-corrected chi connectivity index (χ4v) is 4.15. The van der Waals surface area contributed by atoms with Crippen LogP contribution in [0.3, 0.4) is 0 Å². The number of benzene rings is 2. The molecule has 136 valence electrons. The van der Waals surface area contributed by atoms with Gasteiger partial charge in [0.1, 0.15) is 5.82 Å². The molecule has 0 unspecified atom stereocenters. The fraction of sp³-hybridized carbons (Fsp3) is 0.143. The SMILES string of the molecule is Fc1cccc(C2=NN(C(=S)NCc3ccccc3)[C@@H](c3cccs3)C2)c1. The molecule has 0 aliphatic carbocycles. The molecule has 1 aliphatic rings. The van der Waals surface area contributed by atoms with E-state index in [1.807, 2.05) is 40.7 Å². The first-order chi connectivity index (χ1) is 13.2. The normalized spacial score (nSPS) is 16.3. The lowest BCUT2D eigenvalue weighted by molar-refractivity contribution is 0.368. The summed E-state index contributed by atoms with van der Waals surface area (Å²) in [6, 6.07) is 20.8. The maximum Gasteiger partial charge on any atom is 0.190 e. The molecule has 0 saturated carbocycles. The minimum atomic E-state index is -0.258. The second kappa shape index (κ2) is 7.98. The van der Waals surface area contributed by atoms with Crippen molar-refractivity contribution in [3.05, 3.63) is 93.9 Å². The van der Waals surface area contributed by atoms with Gasteiger partial charge < -0.3 is 5.32 Å². The van der Waals surface area contributed by atoms with Crippen molar-refractivity contribution in [3.8, 4) is 0 Å². The van der Waals surface area contributed by atoms with Crippen LogP contribution in [0, 0.1) is 5.82 Å². The first-order valence-electron chi connectivity index (χ1n) is 8.68. The Morgan fingerprint density at radius 3 is 2.74 bits per heavy atom. The number of thiophene rings is 1. The molecular weight excluding hydrogens is 377 g/mol. The first-order valence-corrected chi connectivity index (χ1v) is 9.97. The molecule has 6 heteroatoms. The summed E-state index contributed by atoms with van der Waals surface area (Å²) < 4.78 is 13.7. The molecule has 0 fully saturated rings. The summed E-state index contributed by atoms with van der Waals surface area (Å²) in [6.07, 6.45) is 0.692. The van der Waals surface area contributed by atoms with Gasteiger partial charge in [0.05, 0.1) is 11.8 Å². The third-order valence-electron chi connectivity index (χ3n) is 4.43. The van der Waals surface area contributed by atoms with Gasteiger partial charge in [0, 0.05) is 23.4 Å². The molecule has 3 aromatic rings. The highest BCUT2D eigenvalue weighted by molar-refractivity contribution is 7.80. The monoisotopic (exact) mass is 395 g/mol. The van der Waals surface area contributed by atoms with Gasteiger partial charge in [-0.05, 0) is 41.4 Å². The molecule has 0 radical (unpaired) electrons. The minimum Gasteiger partial charge on any atom is -0.357 e. The predicted molar refractivity (Wildman–Crippen MR) is 112 cm³/mol. The molecule has 0 amide bonds. The van der Waals surface area contributed by atoms with E-state index >= 15 is 0 Å². The second-order valence-corrected chi connectivity index (χ2v) is 7.65. The molecule has 1 aliphatic heterocycles. The van der Waals surface area contributed by atoms with Gasteiger partial charge in [-0.25, -0.2) is 9.40 Å². The molecule has 0 bridgehead atoms. The molecule has 4 rings (SSSR count). The molecule has 27 heavy (non-hydrogen) atoms. The van der Waals surface area contributed by atoms with E-state index in [4.69, 9.17) is 17.3 Å². The second-order valence-electron chi connectivity index (χ2n) is 6.28. The summed E-state index contributed by atoms with van der Waals surface area (Å²) in [5.41, 5.74) is 2.79. The Balaban J connectivity index is 1.57. The lowest BCUT2D eigenvalue weighted by Crippen LogP contribution is -2.36. The van der Waals surface area contributed by atoms with Crippen molar-refractivity contribution < 1.29 is 4.39 Å². The van der Waals surface area contributed by atoms with Gasteiger partial charge in [0.25, 0.3) is 0 Å². The van der Waals surface area contributed by atoms with Crippen LogP contribution in [-0.2, 0) is 6.54 Å². The summed E-state index contributed by atoms with van der Waals surface area (Å²) in [5.74, 6) is -0.258. The Bertz CT molecular complexity index is 955. The Labute approximate surface area is 167 Å². The number of hydrazone groups is 1. The molecule has 2 aromatic carbocycles. The van der Waals surface area contributed by atoms with Gasteiger partial charge in [-0.1, -0.05) is 48.5 Å². The van der Waals surface area contributed by atoms with Crippen molar-refractivity contribution in [2.75, 3.05) is 0 Å². The Morgan fingerprint density at radius 1 is 1.15 bits per heavy atom. The van der Waals surface area contributed by atoms with Crippen LogP contribution in [0.15, 0.2) is 77.2 Å². The van der Waals surface area contributed by atoms with E-state index in [1.165, 1.54) is 17.0 Å². The van der Waals surface area contributed by atoms with E-state index in [9.17, 15) is 4.39 Å². The lowest BCUT2D eigenvalue weighted by Gasteiger charge is -2.23. The molecule has 1 aromatic heterocycles. The number of halogens is 1. The summed E-state index contributed by atoms with van der Waals surface area (Å²) in [5, 5.41) is 12.5. The fourth-order valence-electron chi connectivity index (χ4n) is 3.10. The van der Waals surface area contributed by atoms with Crippen molar-refractivity contribution in [3.63, 3.8) is 0 Å². The van der Waals surface area contributed by atoms with Gasteiger partial charge in [0.2, 0.25) is 0 Å². The maximum absolute atomic E-state index is 13.7. The van der Waals surface area contributed by atoms with Crippen molar-refractivity contribution in [2.24, 2.45) is 5.10 Å². The highest BCUT2D eigenvalue weighted by Crippen LogP contribution is 2.35. The van der Waals surface area contributed by atoms with Gasteiger partial charge in [0.15, 0.2) is 5.11 Å². The average Bonchev–Trinajstić information content (AvgIpc) is 3.36. The van der Waals surface area contributed by atoms with Crippen LogP contribution in [0.25, 0.3) is 0 Å². The smallest absolute Gasteiger partial charge is 0.190 e. The third kappa shape index (κ3) is 4.07. The van der Waals surface area contributed by atoms with Crippen LogP contribution in [0.1, 0.15) is 28.5 Å². The van der Waals surface area contributed by atoms with Crippen LogP contribution >= 0.6 is 23.6 Å². The zero-order valence-electron chi connectivity index (χ0n) is 14.5. The van der Waals surface area contributed by atoms with Crippen LogP contribution < -0.4 is 5.32 Å². The van der Waals surface area contributed by atoms with Crippen LogP contribution in [0.4, 0.5) is 4.39 Å². The summed E-state index contributed by atoms with van der Waals surface area (Å²) in [7, 11) is 0. The highest BCUT2D eigenvalue weighted by Gasteiger charge is 2.32. The standard InChI is InChI=1S/C21H18FN3S2/c22-17-9-4-8-16(12-17)18-13-19(20-10-5-11-27-20)25(24-18)21(26)23-14-15-6-2-1-3-7-15/h1-12,19H,13-14H2,(H,23,26)/t19-/m1/s1. The van der Waals surface area contributed by atoms with E-state index < -0.39 is 0 Å². The number of nitrogens with zero attached hydrogens (tertiary/aromatic N) is 2. The predicted octanol–water partition coefficient (Wildman–Crippen LogP) is 5.11. The van der Waals surface area contributed by atoms with Crippen LogP contribution in [0.2, 0.25) is 0 Å². The minimum absolute atomic E-state index is 0.0269. The number of rotatable bonds is 4. The van der Waals surface area contributed by atoms with Crippen LogP contribution in [-0.4, -0.2) is 15.8 Å². The summed E-state index contributed by atoms with van der Waals surface area (Å²) in [6.45, 7) is 0.637. The Morgan fingerprint density at radius 2 is 2.00 bits per heavy atom. The maximum atomic E-state index is 13.7. The molecule has 0 spiro atoms. The summed E-state index contributed by atoms with van der Waals surface area (Å²) in [4.78, 5) is 1.19. The molecule has 1 atom stereocenters. The van der Waals surface area contributed by atoms with Gasteiger partial charge >= 0.3 is 0 Å². The molecule has 2 heterocycles. The van der Waals surface area contributed by atoms with Crippen molar-refractivity contribution >= 4 is 34.4 Å². The topological polar surface area (TPSA) is 27.6 Å². The number of nitrogens with one attached hydrogen (secondary N) is 1. The lowest BCUT2D eigenvalue weighted by atomic mass is 10.0. The zero-order chi connectivity index (χ0) is 18.6. The van der Waals surface area contributed by atoms with E-state index in [0.29, 0.717) is 18.1 Å². The molecular formula is C21H18FN3S2. The molecule has 3 nitrogen and oxygen atoms in total. The van der Waals surface area contributed by atoms with Crippen LogP contribution in [0.5, 0.6) is 0 Å². The van der Waals surface area contributed by atoms with Gasteiger partial charge in [-0.3, -0.25) is 0 Å². The van der Waals surface area contributed by atoms with E-state index in [-0.39, 0.29) is 11.9 Å². The summed E-state index contributed by atoms with van der Waals surface area (Å²) >= 11 is 7.31. The van der Waals surface area contributed by atoms with Crippen molar-refractivity contribution in [2.45, 2.75) is 19.0 Å². The molecule has 1 N–H and O–H groups in total. The third-order valence-corrected chi connectivity index (χ3v) is 5.74. The van der Waals surface area contributed by atoms with E-state index in [2.05, 4.69) is 23.5 Å². The van der Waals surface area contributed by atoms with Gasteiger partial charge in [-0.15, -0.1) is 11.3 Å². The quantitative estimate of drug-likeness (QED) is 0.622. The zero-order valence-corrected chi connectivity index (χ0v) is 16.1. The van der Waals surface area contributed by atoms with Gasteiger partial charge in [-0.2, -0.15) is 5.10 Å². The Kier molecular flexibility index (Phi) is 5.27. The number of hydrogen-bond donors (Lipinski definition) is 1. The largest absolute Gasteiger partial charge is 0.357 e.